The normalized spacial score (nSPS) is 15.5. The average molecular weight is 271 g/mol. The van der Waals surface area contributed by atoms with Crippen LogP contribution in [-0.4, -0.2) is 7.05 Å². The Morgan fingerprint density at radius 2 is 2.00 bits per heavy atom. The highest BCUT2D eigenvalue weighted by atomic mass is 32.1. The van der Waals surface area contributed by atoms with Gasteiger partial charge in [-0.25, -0.2) is 0 Å². The molecule has 0 saturated heterocycles. The topological polar surface area (TPSA) is 12.0 Å². The summed E-state index contributed by atoms with van der Waals surface area (Å²) >= 11 is 1.93. The van der Waals surface area contributed by atoms with Crippen molar-refractivity contribution in [3.8, 4) is 0 Å². The van der Waals surface area contributed by atoms with Gasteiger partial charge >= 0.3 is 0 Å². The fourth-order valence-corrected chi connectivity index (χ4v) is 4.08. The number of rotatable bonds is 4. The van der Waals surface area contributed by atoms with Gasteiger partial charge in [0, 0.05) is 9.75 Å². The molecule has 1 heterocycles. The molecule has 1 unspecified atom stereocenters. The van der Waals surface area contributed by atoms with Crippen LogP contribution in [0.3, 0.4) is 0 Å². The Bertz CT molecular complexity index is 570. The Hall–Kier alpha value is -1.12. The van der Waals surface area contributed by atoms with Crippen molar-refractivity contribution in [3.63, 3.8) is 0 Å². The zero-order valence-corrected chi connectivity index (χ0v) is 12.5. The third kappa shape index (κ3) is 2.47. The van der Waals surface area contributed by atoms with Gasteiger partial charge in [0.15, 0.2) is 0 Å². The summed E-state index contributed by atoms with van der Waals surface area (Å²) in [5.41, 5.74) is 4.52. The van der Waals surface area contributed by atoms with Gasteiger partial charge < -0.3 is 5.32 Å². The van der Waals surface area contributed by atoms with Gasteiger partial charge in [-0.15, -0.1) is 11.3 Å². The van der Waals surface area contributed by atoms with Gasteiger partial charge in [0.1, 0.15) is 0 Å². The lowest BCUT2D eigenvalue weighted by molar-refractivity contribution is 0.703. The van der Waals surface area contributed by atoms with E-state index in [0.717, 1.165) is 6.42 Å². The summed E-state index contributed by atoms with van der Waals surface area (Å²) in [4.78, 5) is 2.90. The first-order valence-corrected chi connectivity index (χ1v) is 8.01. The smallest absolute Gasteiger partial charge is 0.0668 e. The van der Waals surface area contributed by atoms with Crippen LogP contribution in [0.4, 0.5) is 0 Å². The quantitative estimate of drug-likeness (QED) is 0.882. The first kappa shape index (κ1) is 12.9. The van der Waals surface area contributed by atoms with Gasteiger partial charge in [0.25, 0.3) is 0 Å². The second-order valence-corrected chi connectivity index (χ2v) is 6.46. The van der Waals surface area contributed by atoms with E-state index in [9.17, 15) is 0 Å². The molecule has 0 aliphatic heterocycles. The van der Waals surface area contributed by atoms with Crippen molar-refractivity contribution in [2.24, 2.45) is 0 Å². The third-order valence-electron chi connectivity index (χ3n) is 4.06. The van der Waals surface area contributed by atoms with E-state index in [0.29, 0.717) is 6.04 Å². The second-order valence-electron chi connectivity index (χ2n) is 5.26. The monoisotopic (exact) mass is 271 g/mol. The minimum absolute atomic E-state index is 0.344. The molecule has 0 spiro atoms. The molecule has 0 amide bonds. The molecule has 100 valence electrons. The summed E-state index contributed by atoms with van der Waals surface area (Å²) in [6, 6.07) is 11.9. The highest BCUT2D eigenvalue weighted by Crippen LogP contribution is 2.31. The molecule has 1 aromatic carbocycles. The summed E-state index contributed by atoms with van der Waals surface area (Å²) < 4.78 is 0. The van der Waals surface area contributed by atoms with Crippen LogP contribution in [0.2, 0.25) is 0 Å². The van der Waals surface area contributed by atoms with E-state index < -0.39 is 0 Å². The lowest BCUT2D eigenvalue weighted by atomic mass is 10.00. The first-order valence-electron chi connectivity index (χ1n) is 7.19. The van der Waals surface area contributed by atoms with Crippen molar-refractivity contribution in [3.05, 3.63) is 56.8 Å². The Kier molecular flexibility index (Phi) is 3.72. The molecule has 1 aromatic heterocycles. The Balaban J connectivity index is 1.93. The molecule has 0 bridgehead atoms. The Morgan fingerprint density at radius 3 is 2.74 bits per heavy atom. The summed E-state index contributed by atoms with van der Waals surface area (Å²) in [5, 5.41) is 3.47. The van der Waals surface area contributed by atoms with Crippen LogP contribution in [0.15, 0.2) is 30.3 Å². The maximum absolute atomic E-state index is 3.47. The standard InChI is InChI=1S/C17H21NS/c1-3-15-9-10-16(19-15)17(18-2)14-8-7-12-5-4-6-13(12)11-14/h7-11,17-18H,3-6H2,1-2H3. The van der Waals surface area contributed by atoms with E-state index in [-0.39, 0.29) is 0 Å². The van der Waals surface area contributed by atoms with Gasteiger partial charge in [0.2, 0.25) is 0 Å². The zero-order valence-electron chi connectivity index (χ0n) is 11.7. The third-order valence-corrected chi connectivity index (χ3v) is 5.35. The molecule has 3 rings (SSSR count). The molecule has 2 heteroatoms. The highest BCUT2D eigenvalue weighted by molar-refractivity contribution is 7.12. The Morgan fingerprint density at radius 1 is 1.16 bits per heavy atom. The van der Waals surface area contributed by atoms with Crippen LogP contribution in [0.25, 0.3) is 0 Å². The van der Waals surface area contributed by atoms with Gasteiger partial charge in [-0.3, -0.25) is 0 Å². The van der Waals surface area contributed by atoms with E-state index in [1.165, 1.54) is 34.6 Å². The molecule has 1 atom stereocenters. The van der Waals surface area contributed by atoms with Crippen molar-refractivity contribution in [2.75, 3.05) is 7.05 Å². The predicted molar refractivity (Wildman–Crippen MR) is 83.1 cm³/mol. The average Bonchev–Trinajstić information content (AvgIpc) is 3.07. The predicted octanol–water partition coefficient (Wildman–Crippen LogP) is 4.11. The molecule has 1 aliphatic rings. The van der Waals surface area contributed by atoms with Gasteiger partial charge in [-0.05, 0) is 61.6 Å². The molecule has 1 aliphatic carbocycles. The number of nitrogens with one attached hydrogen (secondary N) is 1. The van der Waals surface area contributed by atoms with Crippen molar-refractivity contribution >= 4 is 11.3 Å². The zero-order chi connectivity index (χ0) is 13.2. The fraction of sp³-hybridized carbons (Fsp3) is 0.412. The first-order chi connectivity index (χ1) is 9.31. The molecular weight excluding hydrogens is 250 g/mol. The van der Waals surface area contributed by atoms with Gasteiger partial charge in [0.05, 0.1) is 6.04 Å². The summed E-state index contributed by atoms with van der Waals surface area (Å²) in [6.45, 7) is 2.22. The van der Waals surface area contributed by atoms with E-state index in [2.05, 4.69) is 49.6 Å². The number of aryl methyl sites for hydroxylation is 3. The van der Waals surface area contributed by atoms with Crippen molar-refractivity contribution in [1.29, 1.82) is 0 Å². The molecule has 0 saturated carbocycles. The number of hydrogen-bond donors (Lipinski definition) is 1. The van der Waals surface area contributed by atoms with Crippen LogP contribution in [-0.2, 0) is 19.3 Å². The van der Waals surface area contributed by atoms with Gasteiger partial charge in [-0.2, -0.15) is 0 Å². The molecular formula is C17H21NS. The Labute approximate surface area is 119 Å². The van der Waals surface area contributed by atoms with E-state index >= 15 is 0 Å². The summed E-state index contributed by atoms with van der Waals surface area (Å²) in [7, 11) is 2.06. The van der Waals surface area contributed by atoms with Crippen LogP contribution in [0.5, 0.6) is 0 Å². The van der Waals surface area contributed by atoms with Crippen LogP contribution < -0.4 is 5.32 Å². The van der Waals surface area contributed by atoms with Crippen molar-refractivity contribution in [1.82, 2.24) is 5.32 Å². The molecule has 0 radical (unpaired) electrons. The summed E-state index contributed by atoms with van der Waals surface area (Å²) in [5.74, 6) is 0. The number of benzene rings is 1. The largest absolute Gasteiger partial charge is 0.309 e. The maximum Gasteiger partial charge on any atom is 0.0668 e. The summed E-state index contributed by atoms with van der Waals surface area (Å²) in [6.07, 6.45) is 4.97. The van der Waals surface area contributed by atoms with Crippen molar-refractivity contribution in [2.45, 2.75) is 38.6 Å². The van der Waals surface area contributed by atoms with E-state index in [1.807, 2.05) is 11.3 Å². The molecule has 1 nitrogen and oxygen atoms in total. The highest BCUT2D eigenvalue weighted by Gasteiger charge is 2.17. The molecule has 1 N–H and O–H groups in total. The number of fused-ring (bicyclic) bond motifs is 1. The minimum atomic E-state index is 0.344. The van der Waals surface area contributed by atoms with Crippen LogP contribution in [0, 0.1) is 0 Å². The lowest BCUT2D eigenvalue weighted by Crippen LogP contribution is -2.16. The van der Waals surface area contributed by atoms with Crippen molar-refractivity contribution < 1.29 is 0 Å². The van der Waals surface area contributed by atoms with Crippen LogP contribution in [0.1, 0.15) is 45.8 Å². The fourth-order valence-electron chi connectivity index (χ4n) is 2.98. The van der Waals surface area contributed by atoms with Crippen LogP contribution >= 0.6 is 11.3 Å². The lowest BCUT2D eigenvalue weighted by Gasteiger charge is -2.16. The van der Waals surface area contributed by atoms with E-state index in [1.54, 1.807) is 11.1 Å². The minimum Gasteiger partial charge on any atom is -0.309 e. The van der Waals surface area contributed by atoms with E-state index in [4.69, 9.17) is 0 Å². The SMILES string of the molecule is CCc1ccc(C(NC)c2ccc3c(c2)CCC3)s1. The maximum atomic E-state index is 3.47. The van der Waals surface area contributed by atoms with Gasteiger partial charge in [-0.1, -0.05) is 25.1 Å². The molecule has 0 fully saturated rings. The second kappa shape index (κ2) is 5.48. The molecule has 2 aromatic rings. The number of thiophene rings is 1. The molecule has 19 heavy (non-hydrogen) atoms. The number of hydrogen-bond acceptors (Lipinski definition) is 2.